The van der Waals surface area contributed by atoms with Gasteiger partial charge in [0.05, 0.1) is 81.6 Å². The van der Waals surface area contributed by atoms with Crippen molar-refractivity contribution in [1.82, 2.24) is 53.2 Å². The van der Waals surface area contributed by atoms with Crippen molar-refractivity contribution in [3.8, 4) is 0 Å². The molecule has 698 valence electrons. The van der Waals surface area contributed by atoms with Crippen molar-refractivity contribution in [3.63, 3.8) is 0 Å². The second-order valence-electron chi connectivity index (χ2n) is 31.4. The number of aliphatic hydroxyl groups excluding tert-OH is 4. The molecule has 8 amide bonds. The molecule has 18 rings (SSSR count). The summed E-state index contributed by atoms with van der Waals surface area (Å²) in [6, 6.07) is 45.2. The van der Waals surface area contributed by atoms with Crippen LogP contribution in [-0.2, 0) is 74.9 Å². The first-order chi connectivity index (χ1) is 64.6. The SMILES string of the molecule is NC(=O)C1CCC(n2c(NC(=O)c3cccc(C(F)(F)F)c3)nc3cc(N4CCOCC4=O)ccc32)CC1.O=C(Nc1nc2cc(N3CCOCC3=O)ccc2n1CCCO)c1ccc2ccccc2n1.O=C(Nc1nc2cc(N3CCOCC3=O)ccc2n1CCCO)c1cccc(C(F)(F)F)n1.O=C1COCCN1c1ccc2c(c1)nc(C=C(O)c1cccc(Br)n1)n2CCCO. The molecule has 11 heterocycles. The zero-order valence-electron chi connectivity index (χ0n) is 71.7. The highest BCUT2D eigenvalue weighted by atomic mass is 79.9. The number of aliphatic hydroxyl groups is 4. The van der Waals surface area contributed by atoms with E-state index in [4.69, 9.17) is 24.7 Å². The first kappa shape index (κ1) is 94.6. The number of anilines is 7. The lowest BCUT2D eigenvalue weighted by atomic mass is 9.85. The maximum absolute atomic E-state index is 13.2. The van der Waals surface area contributed by atoms with E-state index in [0.717, 1.165) is 57.6 Å². The average Bonchev–Trinajstić information content (AvgIpc) is 1.61. The van der Waals surface area contributed by atoms with Crippen molar-refractivity contribution in [2.45, 2.75) is 83.0 Å². The van der Waals surface area contributed by atoms with Gasteiger partial charge >= 0.3 is 12.4 Å². The molecule has 35 nitrogen and oxygen atoms in total. The van der Waals surface area contributed by atoms with Crippen LogP contribution >= 0.6 is 15.9 Å². The second-order valence-corrected chi connectivity index (χ2v) is 32.2. The molecule has 0 bridgehead atoms. The van der Waals surface area contributed by atoms with Crippen molar-refractivity contribution in [2.24, 2.45) is 11.7 Å². The number of benzene rings is 6. The summed E-state index contributed by atoms with van der Waals surface area (Å²) in [5, 5.41) is 47.5. The van der Waals surface area contributed by atoms with Crippen LogP contribution in [0.2, 0.25) is 0 Å². The molecular weight excluding hydrogens is 1820 g/mol. The standard InChI is InChI=1S/C26H26F3N5O4.C24H23N5O4.C21H21BrN4O4.C21H20F3N5O4/c27-26(28,29)17-3-1-2-16(12-17)24(37)32-25-31-20-13-19(33-10-11-38-14-22(33)35)8-9-21(20)34(25)18-6-4-15(5-7-18)23(30)36;30-12-3-10-29-21-9-7-17(28-11-13-33-15-22(28)31)14-20(21)26-24(29)27-23(32)19-8-6-16-4-1-2-5-18(16)25-19;22-19-4-1-3-15(23-19)18(28)12-20-24-16-11-14(25-8-10-30-13-21(25)29)5-6-17(16)26(20)7-2-9-27;22-21(23,24)17-4-1-3-14(25-17)19(32)27-20-26-15-11-13(28-8-10-33-12-18(28)31)5-6-16(15)29(20)7-2-9-30/h1-3,8-9,12-13,15,18H,4-7,10-11,14H2,(H2,30,36)(H,31,32,37);1-2,4-9,14,30H,3,10-13,15H2,(H,26,27,32);1,3-6,11-12,27-28H,2,7-10,13H2;1,3-6,11,30H,2,7-10,12H2,(H,26,27,32). The molecule has 0 atom stereocenters. The fourth-order valence-electron chi connectivity index (χ4n) is 16.0. The highest BCUT2D eigenvalue weighted by Gasteiger charge is 2.36. The number of aromatic nitrogens is 11. The molecule has 134 heavy (non-hydrogen) atoms. The number of carbonyl (C=O) groups excluding carboxylic acids is 8. The van der Waals surface area contributed by atoms with Gasteiger partial charge < -0.3 is 83.0 Å². The number of aryl methyl sites for hydroxylation is 3. The van der Waals surface area contributed by atoms with Crippen LogP contribution in [0.1, 0.15) is 105 Å². The number of carbonyl (C=O) groups is 8. The van der Waals surface area contributed by atoms with E-state index < -0.39 is 41.1 Å². The number of rotatable bonds is 23. The van der Waals surface area contributed by atoms with E-state index in [-0.39, 0.29) is 123 Å². The maximum Gasteiger partial charge on any atom is 0.433 e. The van der Waals surface area contributed by atoms with Crippen molar-refractivity contribution in [1.29, 1.82) is 0 Å². The topological polar surface area (TPSA) is 439 Å². The van der Waals surface area contributed by atoms with Crippen molar-refractivity contribution in [3.05, 3.63) is 214 Å². The Morgan fingerprint density at radius 3 is 1.37 bits per heavy atom. The van der Waals surface area contributed by atoms with Crippen LogP contribution in [0, 0.1) is 5.92 Å². The highest BCUT2D eigenvalue weighted by molar-refractivity contribution is 9.10. The number of alkyl halides is 6. The van der Waals surface area contributed by atoms with Crippen molar-refractivity contribution in [2.75, 3.05) is 134 Å². The Morgan fingerprint density at radius 2 is 0.881 bits per heavy atom. The van der Waals surface area contributed by atoms with E-state index in [1.165, 1.54) is 18.2 Å². The molecule has 5 aliphatic rings. The number of primary amides is 1. The molecule has 13 aromatic rings. The largest absolute Gasteiger partial charge is 0.506 e. The van der Waals surface area contributed by atoms with E-state index in [1.54, 1.807) is 90.9 Å². The van der Waals surface area contributed by atoms with Gasteiger partial charge in [-0.2, -0.15) is 26.3 Å². The number of hydrogen-bond donors (Lipinski definition) is 8. The zero-order valence-corrected chi connectivity index (χ0v) is 73.3. The molecule has 0 unspecified atom stereocenters. The van der Waals surface area contributed by atoms with Crippen LogP contribution in [0.5, 0.6) is 0 Å². The number of nitrogens with two attached hydrogens (primary N) is 1. The Labute approximate surface area is 767 Å². The maximum atomic E-state index is 13.2. The number of ether oxygens (including phenoxy) is 4. The van der Waals surface area contributed by atoms with Gasteiger partial charge in [-0.15, -0.1) is 0 Å². The van der Waals surface area contributed by atoms with Gasteiger partial charge in [0.25, 0.3) is 41.4 Å². The number of hydrogen-bond acceptors (Lipinski definition) is 23. The summed E-state index contributed by atoms with van der Waals surface area (Å²) in [7, 11) is 0. The lowest BCUT2D eigenvalue weighted by Crippen LogP contribution is -2.41. The Morgan fingerprint density at radius 1 is 0.440 bits per heavy atom. The number of nitrogens with one attached hydrogen (secondary N) is 3. The van der Waals surface area contributed by atoms with Gasteiger partial charge in [-0.05, 0) is 188 Å². The minimum atomic E-state index is -4.68. The molecule has 4 saturated heterocycles. The molecule has 42 heteroatoms. The van der Waals surface area contributed by atoms with Gasteiger partial charge in [0.15, 0.2) is 0 Å². The third-order valence-corrected chi connectivity index (χ3v) is 23.1. The monoisotopic (exact) mass is 1910 g/mol. The minimum Gasteiger partial charge on any atom is -0.506 e. The van der Waals surface area contributed by atoms with E-state index in [9.17, 15) is 85.1 Å². The summed E-state index contributed by atoms with van der Waals surface area (Å²) in [5.74, 6) is -1.94. The number of halogens is 7. The summed E-state index contributed by atoms with van der Waals surface area (Å²) >= 11 is 3.30. The third-order valence-electron chi connectivity index (χ3n) is 22.6. The summed E-state index contributed by atoms with van der Waals surface area (Å²) in [6.45, 7) is 4.89. The van der Waals surface area contributed by atoms with Crippen LogP contribution in [0.4, 0.5) is 66.9 Å². The highest BCUT2D eigenvalue weighted by Crippen LogP contribution is 2.40. The smallest absolute Gasteiger partial charge is 0.433 e. The van der Waals surface area contributed by atoms with Crippen molar-refractivity contribution < 1.29 is 104 Å². The summed E-state index contributed by atoms with van der Waals surface area (Å²) < 4.78 is 107. The second kappa shape index (κ2) is 42.3. The molecule has 6 aromatic carbocycles. The Balaban J connectivity index is 0.000000137. The first-order valence-electron chi connectivity index (χ1n) is 42.8. The van der Waals surface area contributed by atoms with Gasteiger partial charge in [0.1, 0.15) is 65.4 Å². The van der Waals surface area contributed by atoms with Crippen LogP contribution in [-0.4, -0.2) is 220 Å². The van der Waals surface area contributed by atoms with Crippen LogP contribution in [0.3, 0.4) is 0 Å². The molecule has 1 aliphatic carbocycles. The van der Waals surface area contributed by atoms with E-state index in [1.807, 2.05) is 80.4 Å². The molecule has 4 aliphatic heterocycles. The fourth-order valence-corrected chi connectivity index (χ4v) is 16.4. The molecular formula is C92H90BrF6N19O16. The van der Waals surface area contributed by atoms with Crippen LogP contribution in [0.25, 0.3) is 66.9 Å². The molecule has 9 N–H and O–H groups in total. The number of pyridine rings is 3. The van der Waals surface area contributed by atoms with E-state index >= 15 is 0 Å². The average molecular weight is 1910 g/mol. The lowest BCUT2D eigenvalue weighted by molar-refractivity contribution is -0.141. The summed E-state index contributed by atoms with van der Waals surface area (Å²) in [6.07, 6.45) is -3.94. The normalized spacial score (nSPS) is 16.3. The number of fused-ring (bicyclic) bond motifs is 5. The van der Waals surface area contributed by atoms with Gasteiger partial charge in [0.2, 0.25) is 23.8 Å². The van der Waals surface area contributed by atoms with Gasteiger partial charge in [-0.3, -0.25) is 54.3 Å². The quantitative estimate of drug-likeness (QED) is 0.0167. The molecule has 1 saturated carbocycles. The third kappa shape index (κ3) is 22.2. The number of amides is 8. The predicted molar refractivity (Wildman–Crippen MR) is 486 cm³/mol. The Kier molecular flexibility index (Phi) is 29.8. The number of morpholine rings is 4. The summed E-state index contributed by atoms with van der Waals surface area (Å²) in [4.78, 5) is 136. The van der Waals surface area contributed by atoms with Crippen molar-refractivity contribution >= 4 is 171 Å². The minimum absolute atomic E-state index is 0.0135. The zero-order chi connectivity index (χ0) is 94.5. The van der Waals surface area contributed by atoms with Gasteiger partial charge in [-0.25, -0.2) is 34.9 Å². The molecule has 7 aromatic heterocycles. The van der Waals surface area contributed by atoms with E-state index in [0.29, 0.717) is 184 Å². The van der Waals surface area contributed by atoms with Crippen LogP contribution < -0.4 is 41.3 Å². The summed E-state index contributed by atoms with van der Waals surface area (Å²) in [5.41, 5.74) is 12.3. The first-order valence-corrected chi connectivity index (χ1v) is 43.6. The molecule has 0 radical (unpaired) electrons. The van der Waals surface area contributed by atoms with E-state index in [2.05, 4.69) is 66.8 Å². The van der Waals surface area contributed by atoms with Gasteiger partial charge in [-0.1, -0.05) is 42.5 Å². The lowest BCUT2D eigenvalue weighted by Gasteiger charge is -2.29. The predicted octanol–water partition coefficient (Wildman–Crippen LogP) is 11.9. The number of imidazole rings is 4. The Bertz CT molecular complexity index is 6610. The van der Waals surface area contributed by atoms with Crippen LogP contribution in [0.15, 0.2) is 174 Å². The molecule has 5 fully saturated rings. The number of nitrogens with zero attached hydrogens (tertiary/aromatic N) is 15. The van der Waals surface area contributed by atoms with Gasteiger partial charge in [0, 0.05) is 117 Å². The number of para-hydroxylation sites is 1. The Hall–Kier alpha value is -14.0. The fraction of sp³-hybridized carbons (Fsp3) is 0.315. The molecule has 0 spiro atoms.